The summed E-state index contributed by atoms with van der Waals surface area (Å²) in [6, 6.07) is 3.62. The lowest BCUT2D eigenvalue weighted by Gasteiger charge is -2.10. The van der Waals surface area contributed by atoms with Crippen molar-refractivity contribution in [3.63, 3.8) is 0 Å². The molecule has 1 aliphatic heterocycles. The van der Waals surface area contributed by atoms with E-state index in [0.29, 0.717) is 19.0 Å². The molecule has 2 rings (SSSR count). The highest BCUT2D eigenvalue weighted by molar-refractivity contribution is 5.93. The molecule has 1 unspecified atom stereocenters. The molecule has 1 fully saturated rings. The molecular weight excluding hydrogens is 230 g/mol. The van der Waals surface area contributed by atoms with Crippen LogP contribution in [-0.4, -0.2) is 30.1 Å². The van der Waals surface area contributed by atoms with Crippen molar-refractivity contribution in [3.05, 3.63) is 31.0 Å². The number of carbonyl (C=O) groups excluding carboxylic acids is 1. The first-order chi connectivity index (χ1) is 8.79. The third kappa shape index (κ3) is 3.30. The molecule has 0 aromatic carbocycles. The maximum Gasteiger partial charge on any atom is 0.254 e. The van der Waals surface area contributed by atoms with Crippen molar-refractivity contribution in [1.82, 2.24) is 4.98 Å². The van der Waals surface area contributed by atoms with E-state index in [-0.39, 0.29) is 12.0 Å². The highest BCUT2D eigenvalue weighted by Crippen LogP contribution is 2.15. The van der Waals surface area contributed by atoms with Crippen molar-refractivity contribution in [2.75, 3.05) is 23.8 Å². The van der Waals surface area contributed by atoms with Gasteiger partial charge in [0.25, 0.3) is 5.91 Å². The van der Waals surface area contributed by atoms with Gasteiger partial charge in [0.1, 0.15) is 11.9 Å². The minimum atomic E-state index is -0.328. The number of carbonyl (C=O) groups is 1. The van der Waals surface area contributed by atoms with Crippen molar-refractivity contribution in [2.45, 2.75) is 18.9 Å². The predicted molar refractivity (Wildman–Crippen MR) is 70.5 cm³/mol. The number of hydrogen-bond donors (Lipinski definition) is 2. The molecule has 1 aromatic rings. The Morgan fingerprint density at radius 3 is 3.11 bits per heavy atom. The summed E-state index contributed by atoms with van der Waals surface area (Å²) in [6.45, 7) is 4.97. The molecule has 1 amide bonds. The fraction of sp³-hybridized carbons (Fsp3) is 0.385. The first kappa shape index (κ1) is 12.6. The number of rotatable bonds is 5. The van der Waals surface area contributed by atoms with Gasteiger partial charge in [-0.2, -0.15) is 0 Å². The summed E-state index contributed by atoms with van der Waals surface area (Å²) in [5, 5.41) is 5.86. The van der Waals surface area contributed by atoms with Gasteiger partial charge in [0.2, 0.25) is 0 Å². The Morgan fingerprint density at radius 2 is 2.50 bits per heavy atom. The molecule has 0 spiro atoms. The van der Waals surface area contributed by atoms with Crippen molar-refractivity contribution in [3.8, 4) is 0 Å². The van der Waals surface area contributed by atoms with Gasteiger partial charge in [-0.1, -0.05) is 6.08 Å². The Bertz CT molecular complexity index is 411. The molecule has 0 saturated carbocycles. The van der Waals surface area contributed by atoms with Crippen molar-refractivity contribution < 1.29 is 9.53 Å². The van der Waals surface area contributed by atoms with Crippen LogP contribution in [0.25, 0.3) is 0 Å². The van der Waals surface area contributed by atoms with E-state index in [1.165, 1.54) is 0 Å². The zero-order valence-electron chi connectivity index (χ0n) is 10.2. The van der Waals surface area contributed by atoms with Gasteiger partial charge < -0.3 is 15.4 Å². The van der Waals surface area contributed by atoms with Gasteiger partial charge in [-0.25, -0.2) is 4.98 Å². The first-order valence-corrected chi connectivity index (χ1v) is 6.03. The second kappa shape index (κ2) is 6.16. The van der Waals surface area contributed by atoms with Crippen LogP contribution in [0.3, 0.4) is 0 Å². The fourth-order valence-corrected chi connectivity index (χ4v) is 1.75. The molecule has 2 N–H and O–H groups in total. The summed E-state index contributed by atoms with van der Waals surface area (Å²) in [5.74, 6) is 0.423. The van der Waals surface area contributed by atoms with Gasteiger partial charge in [0.05, 0.1) is 11.9 Å². The maximum atomic E-state index is 11.8. The molecule has 1 saturated heterocycles. The topological polar surface area (TPSA) is 63.2 Å². The lowest BCUT2D eigenvalue weighted by molar-refractivity contribution is -0.124. The van der Waals surface area contributed by atoms with Gasteiger partial charge in [-0.05, 0) is 25.0 Å². The average Bonchev–Trinajstić information content (AvgIpc) is 2.92. The molecule has 0 radical (unpaired) electrons. The Labute approximate surface area is 106 Å². The number of amides is 1. The average molecular weight is 247 g/mol. The highest BCUT2D eigenvalue weighted by Gasteiger charge is 2.23. The van der Waals surface area contributed by atoms with Crippen LogP contribution in [0.15, 0.2) is 31.0 Å². The van der Waals surface area contributed by atoms with Crippen LogP contribution in [-0.2, 0) is 9.53 Å². The molecule has 5 nitrogen and oxygen atoms in total. The molecule has 96 valence electrons. The number of ether oxygens (including phenoxy) is 1. The minimum absolute atomic E-state index is 0.119. The number of hydrogen-bond acceptors (Lipinski definition) is 4. The molecule has 18 heavy (non-hydrogen) atoms. The molecule has 5 heteroatoms. The molecule has 1 aliphatic rings. The van der Waals surface area contributed by atoms with Crippen LogP contribution in [0.1, 0.15) is 12.8 Å². The van der Waals surface area contributed by atoms with Crippen molar-refractivity contribution in [2.24, 2.45) is 0 Å². The van der Waals surface area contributed by atoms with Crippen LogP contribution in [0, 0.1) is 0 Å². The Morgan fingerprint density at radius 1 is 1.61 bits per heavy atom. The molecular formula is C13H17N3O2. The Balaban J connectivity index is 1.89. The van der Waals surface area contributed by atoms with E-state index >= 15 is 0 Å². The van der Waals surface area contributed by atoms with Gasteiger partial charge in [-0.15, -0.1) is 6.58 Å². The lowest BCUT2D eigenvalue weighted by Crippen LogP contribution is -2.27. The van der Waals surface area contributed by atoms with Crippen LogP contribution in [0.2, 0.25) is 0 Å². The first-order valence-electron chi connectivity index (χ1n) is 6.03. The third-order valence-corrected chi connectivity index (χ3v) is 2.69. The number of anilines is 2. The summed E-state index contributed by atoms with van der Waals surface area (Å²) >= 11 is 0. The molecule has 0 bridgehead atoms. The van der Waals surface area contributed by atoms with Gasteiger partial charge >= 0.3 is 0 Å². The Hall–Kier alpha value is -1.88. The van der Waals surface area contributed by atoms with E-state index in [4.69, 9.17) is 4.74 Å². The molecule has 0 aliphatic carbocycles. The van der Waals surface area contributed by atoms with Crippen molar-refractivity contribution >= 4 is 17.4 Å². The quantitative estimate of drug-likeness (QED) is 0.779. The monoisotopic (exact) mass is 247 g/mol. The predicted octanol–water partition coefficient (Wildman–Crippen LogP) is 1.80. The van der Waals surface area contributed by atoms with Gasteiger partial charge in [0.15, 0.2) is 0 Å². The molecule has 1 atom stereocenters. The lowest BCUT2D eigenvalue weighted by atomic mass is 10.2. The van der Waals surface area contributed by atoms with Crippen molar-refractivity contribution in [1.29, 1.82) is 0 Å². The number of pyridine rings is 1. The SMILES string of the molecule is C=CCNc1ccc(NC(=O)C2CCCO2)nc1. The summed E-state index contributed by atoms with van der Waals surface area (Å²) in [7, 11) is 0. The minimum Gasteiger partial charge on any atom is -0.380 e. The van der Waals surface area contributed by atoms with E-state index < -0.39 is 0 Å². The molecule has 1 aromatic heterocycles. The van der Waals surface area contributed by atoms with Gasteiger partial charge in [0, 0.05) is 13.2 Å². The number of nitrogens with zero attached hydrogens (tertiary/aromatic N) is 1. The highest BCUT2D eigenvalue weighted by atomic mass is 16.5. The normalized spacial score (nSPS) is 18.3. The van der Waals surface area contributed by atoms with Crippen LogP contribution < -0.4 is 10.6 Å². The summed E-state index contributed by atoms with van der Waals surface area (Å²) in [6.07, 6.45) is 4.84. The van der Waals surface area contributed by atoms with Gasteiger partial charge in [-0.3, -0.25) is 4.79 Å². The van der Waals surface area contributed by atoms with E-state index in [0.717, 1.165) is 18.5 Å². The van der Waals surface area contributed by atoms with E-state index in [2.05, 4.69) is 22.2 Å². The third-order valence-electron chi connectivity index (χ3n) is 2.69. The number of nitrogens with one attached hydrogen (secondary N) is 2. The second-order valence-corrected chi connectivity index (χ2v) is 4.09. The maximum absolute atomic E-state index is 11.8. The zero-order valence-corrected chi connectivity index (χ0v) is 10.2. The summed E-state index contributed by atoms with van der Waals surface area (Å²) in [5.41, 5.74) is 0.894. The van der Waals surface area contributed by atoms with E-state index in [1.807, 2.05) is 6.07 Å². The fourth-order valence-electron chi connectivity index (χ4n) is 1.75. The van der Waals surface area contributed by atoms with Crippen LogP contribution in [0.4, 0.5) is 11.5 Å². The Kier molecular flexibility index (Phi) is 4.30. The summed E-state index contributed by atoms with van der Waals surface area (Å²) in [4.78, 5) is 15.9. The zero-order chi connectivity index (χ0) is 12.8. The van der Waals surface area contributed by atoms with E-state index in [1.54, 1.807) is 18.3 Å². The standard InChI is InChI=1S/C13H17N3O2/c1-2-7-14-10-5-6-12(15-9-10)16-13(17)11-4-3-8-18-11/h2,5-6,9,11,14H,1,3-4,7-8H2,(H,15,16,17). The summed E-state index contributed by atoms with van der Waals surface area (Å²) < 4.78 is 5.30. The molecule has 2 heterocycles. The largest absolute Gasteiger partial charge is 0.380 e. The van der Waals surface area contributed by atoms with E-state index in [9.17, 15) is 4.79 Å². The van der Waals surface area contributed by atoms with Crippen LogP contribution >= 0.6 is 0 Å². The second-order valence-electron chi connectivity index (χ2n) is 4.09. The van der Waals surface area contributed by atoms with Crippen LogP contribution in [0.5, 0.6) is 0 Å². The number of aromatic nitrogens is 1. The smallest absolute Gasteiger partial charge is 0.254 e.